The van der Waals surface area contributed by atoms with Crippen molar-refractivity contribution in [3.8, 4) is 11.1 Å². The van der Waals surface area contributed by atoms with E-state index in [9.17, 15) is 4.39 Å². The average Bonchev–Trinajstić information content (AvgIpc) is 2.77. The largest absolute Gasteiger partial charge is 0.459 e. The zero-order valence-electron chi connectivity index (χ0n) is 9.69. The molecule has 2 aromatic carbocycles. The van der Waals surface area contributed by atoms with Gasteiger partial charge in [0.15, 0.2) is 0 Å². The number of rotatable bonds is 2. The van der Waals surface area contributed by atoms with Gasteiger partial charge in [-0.25, -0.2) is 4.39 Å². The molecule has 18 heavy (non-hydrogen) atoms. The summed E-state index contributed by atoms with van der Waals surface area (Å²) in [5.41, 5.74) is 8.24. The fourth-order valence-corrected chi connectivity index (χ4v) is 2.19. The summed E-state index contributed by atoms with van der Waals surface area (Å²) in [7, 11) is 0. The van der Waals surface area contributed by atoms with Crippen LogP contribution in [-0.2, 0) is 6.54 Å². The van der Waals surface area contributed by atoms with E-state index >= 15 is 0 Å². The number of furan rings is 1. The first kappa shape index (κ1) is 11.0. The van der Waals surface area contributed by atoms with E-state index in [-0.39, 0.29) is 5.82 Å². The Morgan fingerprint density at radius 1 is 1.06 bits per heavy atom. The van der Waals surface area contributed by atoms with Crippen LogP contribution in [0.15, 0.2) is 52.9 Å². The van der Waals surface area contributed by atoms with Gasteiger partial charge >= 0.3 is 0 Å². The molecule has 0 saturated carbocycles. The number of nitrogens with two attached hydrogens (primary N) is 1. The van der Waals surface area contributed by atoms with Crippen LogP contribution in [0, 0.1) is 5.82 Å². The normalized spacial score (nSPS) is 11.0. The lowest BCUT2D eigenvalue weighted by atomic mass is 10.0. The summed E-state index contributed by atoms with van der Waals surface area (Å²) in [6.07, 6.45) is 0. The molecule has 3 rings (SSSR count). The number of halogens is 1. The molecule has 0 aliphatic heterocycles. The third-order valence-corrected chi connectivity index (χ3v) is 2.97. The minimum absolute atomic E-state index is 0.274. The van der Waals surface area contributed by atoms with Gasteiger partial charge in [0.2, 0.25) is 0 Å². The molecule has 1 heterocycles. The summed E-state index contributed by atoms with van der Waals surface area (Å²) < 4.78 is 19.0. The van der Waals surface area contributed by atoms with Crippen molar-refractivity contribution in [2.24, 2.45) is 5.73 Å². The van der Waals surface area contributed by atoms with E-state index < -0.39 is 0 Å². The SMILES string of the molecule is NCc1oc2ccc(F)cc2c1-c1ccccc1. The Morgan fingerprint density at radius 3 is 2.56 bits per heavy atom. The molecule has 0 aliphatic carbocycles. The van der Waals surface area contributed by atoms with Crippen molar-refractivity contribution in [1.82, 2.24) is 0 Å². The Bertz CT molecular complexity index is 688. The molecule has 1 aromatic heterocycles. The third-order valence-electron chi connectivity index (χ3n) is 2.97. The Morgan fingerprint density at radius 2 is 1.83 bits per heavy atom. The highest BCUT2D eigenvalue weighted by Crippen LogP contribution is 2.34. The van der Waals surface area contributed by atoms with Crippen molar-refractivity contribution < 1.29 is 8.81 Å². The van der Waals surface area contributed by atoms with Gasteiger partial charge in [-0.2, -0.15) is 0 Å². The molecule has 0 saturated heterocycles. The summed E-state index contributed by atoms with van der Waals surface area (Å²) in [5.74, 6) is 0.408. The van der Waals surface area contributed by atoms with Crippen LogP contribution < -0.4 is 5.73 Å². The zero-order valence-corrected chi connectivity index (χ0v) is 9.69. The van der Waals surface area contributed by atoms with Gasteiger partial charge in [0, 0.05) is 10.9 Å². The Balaban J connectivity index is 2.35. The summed E-state index contributed by atoms with van der Waals surface area (Å²) in [4.78, 5) is 0. The minimum Gasteiger partial charge on any atom is -0.459 e. The molecule has 0 bridgehead atoms. The quantitative estimate of drug-likeness (QED) is 0.743. The number of fused-ring (bicyclic) bond motifs is 1. The van der Waals surface area contributed by atoms with Crippen molar-refractivity contribution in [2.75, 3.05) is 0 Å². The lowest BCUT2D eigenvalue weighted by Gasteiger charge is -2.01. The fraction of sp³-hybridized carbons (Fsp3) is 0.0667. The first-order valence-electron chi connectivity index (χ1n) is 5.76. The second kappa shape index (κ2) is 4.27. The number of hydrogen-bond donors (Lipinski definition) is 1. The van der Waals surface area contributed by atoms with Crippen molar-refractivity contribution in [1.29, 1.82) is 0 Å². The summed E-state index contributed by atoms with van der Waals surface area (Å²) in [6.45, 7) is 0.292. The van der Waals surface area contributed by atoms with Gasteiger partial charge < -0.3 is 10.2 Å². The summed E-state index contributed by atoms with van der Waals surface area (Å²) >= 11 is 0. The Labute approximate surface area is 104 Å². The van der Waals surface area contributed by atoms with E-state index in [0.717, 1.165) is 16.5 Å². The zero-order chi connectivity index (χ0) is 12.5. The van der Waals surface area contributed by atoms with Crippen molar-refractivity contribution in [3.05, 3.63) is 60.1 Å². The Kier molecular flexibility index (Phi) is 2.61. The van der Waals surface area contributed by atoms with Gasteiger partial charge in [0.05, 0.1) is 6.54 Å². The first-order valence-corrected chi connectivity index (χ1v) is 5.76. The molecular weight excluding hydrogens is 229 g/mol. The van der Waals surface area contributed by atoms with Crippen LogP contribution in [0.2, 0.25) is 0 Å². The number of benzene rings is 2. The number of hydrogen-bond acceptors (Lipinski definition) is 2. The summed E-state index contributed by atoms with van der Waals surface area (Å²) in [5, 5.41) is 0.765. The molecule has 0 aliphatic rings. The molecule has 0 radical (unpaired) electrons. The maximum absolute atomic E-state index is 13.4. The highest BCUT2D eigenvalue weighted by Gasteiger charge is 2.15. The average molecular weight is 241 g/mol. The first-order chi connectivity index (χ1) is 8.79. The van der Waals surface area contributed by atoms with Crippen molar-refractivity contribution in [2.45, 2.75) is 6.54 Å². The van der Waals surface area contributed by atoms with Crippen LogP contribution in [0.25, 0.3) is 22.1 Å². The molecule has 2 N–H and O–H groups in total. The van der Waals surface area contributed by atoms with Gasteiger partial charge in [-0.05, 0) is 23.8 Å². The third kappa shape index (κ3) is 1.69. The summed E-state index contributed by atoms with van der Waals surface area (Å²) in [6, 6.07) is 14.3. The van der Waals surface area contributed by atoms with E-state index in [0.29, 0.717) is 17.9 Å². The lowest BCUT2D eigenvalue weighted by molar-refractivity contribution is 0.553. The molecule has 90 valence electrons. The van der Waals surface area contributed by atoms with Gasteiger partial charge in [0.25, 0.3) is 0 Å². The van der Waals surface area contributed by atoms with E-state index in [1.54, 1.807) is 6.07 Å². The van der Waals surface area contributed by atoms with Gasteiger partial charge in [-0.1, -0.05) is 30.3 Å². The van der Waals surface area contributed by atoms with E-state index in [4.69, 9.17) is 10.2 Å². The molecule has 0 unspecified atom stereocenters. The molecule has 3 heteroatoms. The molecule has 0 amide bonds. The van der Waals surface area contributed by atoms with Crippen LogP contribution in [-0.4, -0.2) is 0 Å². The lowest BCUT2D eigenvalue weighted by Crippen LogP contribution is -1.95. The van der Waals surface area contributed by atoms with E-state index in [2.05, 4.69) is 0 Å². The smallest absolute Gasteiger partial charge is 0.135 e. The topological polar surface area (TPSA) is 39.2 Å². The fourth-order valence-electron chi connectivity index (χ4n) is 2.19. The van der Waals surface area contributed by atoms with Crippen LogP contribution in [0.4, 0.5) is 4.39 Å². The predicted molar refractivity (Wildman–Crippen MR) is 69.5 cm³/mol. The van der Waals surface area contributed by atoms with Crippen LogP contribution in [0.3, 0.4) is 0 Å². The maximum Gasteiger partial charge on any atom is 0.135 e. The monoisotopic (exact) mass is 241 g/mol. The molecular formula is C15H12FNO. The molecule has 3 aromatic rings. The molecule has 0 atom stereocenters. The minimum atomic E-state index is -0.274. The molecule has 0 fully saturated rings. The molecule has 0 spiro atoms. The van der Waals surface area contributed by atoms with Crippen LogP contribution in [0.5, 0.6) is 0 Å². The van der Waals surface area contributed by atoms with Crippen LogP contribution >= 0.6 is 0 Å². The maximum atomic E-state index is 13.4. The predicted octanol–water partition coefficient (Wildman–Crippen LogP) is 3.70. The van der Waals surface area contributed by atoms with Gasteiger partial charge in [0.1, 0.15) is 17.2 Å². The molecule has 2 nitrogen and oxygen atoms in total. The van der Waals surface area contributed by atoms with Crippen molar-refractivity contribution >= 4 is 11.0 Å². The van der Waals surface area contributed by atoms with Crippen molar-refractivity contribution in [3.63, 3.8) is 0 Å². The Hall–Kier alpha value is -2.13. The van der Waals surface area contributed by atoms with Gasteiger partial charge in [-0.15, -0.1) is 0 Å². The van der Waals surface area contributed by atoms with E-state index in [1.165, 1.54) is 12.1 Å². The van der Waals surface area contributed by atoms with Crippen LogP contribution in [0.1, 0.15) is 5.76 Å². The highest BCUT2D eigenvalue weighted by molar-refractivity contribution is 5.95. The highest BCUT2D eigenvalue weighted by atomic mass is 19.1. The second-order valence-corrected chi connectivity index (χ2v) is 4.11. The van der Waals surface area contributed by atoms with E-state index in [1.807, 2.05) is 30.3 Å². The van der Waals surface area contributed by atoms with Gasteiger partial charge in [-0.3, -0.25) is 0 Å². The second-order valence-electron chi connectivity index (χ2n) is 4.11. The standard InChI is InChI=1S/C15H12FNO/c16-11-6-7-13-12(8-11)15(14(9-17)18-13)10-4-2-1-3-5-10/h1-8H,9,17H2.